The van der Waals surface area contributed by atoms with Crippen molar-refractivity contribution in [2.24, 2.45) is 0 Å². The van der Waals surface area contributed by atoms with E-state index in [0.717, 1.165) is 11.0 Å². The van der Waals surface area contributed by atoms with Gasteiger partial charge in [-0.25, -0.2) is 4.79 Å². The smallest absolute Gasteiger partial charge is 0.444 e. The number of halogens is 1. The normalized spacial score (nSPS) is 18.7. The molecule has 5 nitrogen and oxygen atoms in total. The van der Waals surface area contributed by atoms with Crippen LogP contribution in [0.15, 0.2) is 18.2 Å². The van der Waals surface area contributed by atoms with Crippen LogP contribution in [0.4, 0.5) is 4.79 Å². The average Bonchev–Trinajstić information content (AvgIpc) is 2.67. The zero-order chi connectivity index (χ0) is 19.8. The maximum absolute atomic E-state index is 11.7. The molecule has 0 atom stereocenters. The van der Waals surface area contributed by atoms with Gasteiger partial charge in [0.2, 0.25) is 0 Å². The lowest BCUT2D eigenvalue weighted by Gasteiger charge is -2.32. The van der Waals surface area contributed by atoms with Crippen LogP contribution in [0.3, 0.4) is 0 Å². The molecule has 7 heteroatoms. The van der Waals surface area contributed by atoms with Crippen molar-refractivity contribution in [2.75, 3.05) is 6.54 Å². The molecule has 0 unspecified atom stereocenters. The van der Waals surface area contributed by atoms with Crippen molar-refractivity contribution >= 4 is 30.3 Å². The molecule has 0 radical (unpaired) electrons. The van der Waals surface area contributed by atoms with Gasteiger partial charge in [0.25, 0.3) is 0 Å². The Hall–Kier alpha value is -1.24. The number of nitrogens with one attached hydrogen (secondary N) is 1. The van der Waals surface area contributed by atoms with E-state index in [1.165, 1.54) is 0 Å². The number of ether oxygens (including phenoxy) is 1. The quantitative estimate of drug-likeness (QED) is 0.808. The van der Waals surface area contributed by atoms with Crippen LogP contribution in [-0.2, 0) is 20.5 Å². The van der Waals surface area contributed by atoms with Crippen molar-refractivity contribution in [1.29, 1.82) is 0 Å². The fourth-order valence-electron chi connectivity index (χ4n) is 2.53. The highest BCUT2D eigenvalue weighted by Gasteiger charge is 2.51. The van der Waals surface area contributed by atoms with Gasteiger partial charge in [-0.2, -0.15) is 0 Å². The standard InChI is InChI=1S/C19H29BClNO4/c1-17(2,3)24-16(23)22-11-10-13-12-14(8-9-15(13)21)20-25-18(4,5)19(6,7)26-20/h8-9,12H,10-11H2,1-7H3,(H,22,23). The van der Waals surface area contributed by atoms with Crippen molar-refractivity contribution in [3.8, 4) is 0 Å². The second-order valence-corrected chi connectivity index (χ2v) is 9.02. The molecule has 26 heavy (non-hydrogen) atoms. The highest BCUT2D eigenvalue weighted by molar-refractivity contribution is 6.62. The molecule has 1 fully saturated rings. The molecule has 1 N–H and O–H groups in total. The van der Waals surface area contributed by atoms with Crippen LogP contribution < -0.4 is 10.8 Å². The Morgan fingerprint density at radius 2 is 1.77 bits per heavy atom. The third-order valence-corrected chi connectivity index (χ3v) is 5.03. The number of amides is 1. The first-order valence-corrected chi connectivity index (χ1v) is 9.29. The number of hydrogen-bond donors (Lipinski definition) is 1. The molecule has 1 aliphatic heterocycles. The van der Waals surface area contributed by atoms with Gasteiger partial charge in [-0.3, -0.25) is 0 Å². The van der Waals surface area contributed by atoms with Gasteiger partial charge < -0.3 is 19.4 Å². The van der Waals surface area contributed by atoms with Crippen molar-refractivity contribution < 1.29 is 18.8 Å². The highest BCUT2D eigenvalue weighted by atomic mass is 35.5. The van der Waals surface area contributed by atoms with E-state index in [1.807, 2.05) is 66.7 Å². The van der Waals surface area contributed by atoms with Crippen molar-refractivity contribution in [3.63, 3.8) is 0 Å². The summed E-state index contributed by atoms with van der Waals surface area (Å²) >= 11 is 6.31. The second kappa shape index (κ2) is 7.41. The third-order valence-electron chi connectivity index (χ3n) is 4.66. The van der Waals surface area contributed by atoms with Crippen LogP contribution in [0.2, 0.25) is 5.02 Å². The van der Waals surface area contributed by atoms with Gasteiger partial charge in [-0.15, -0.1) is 0 Å². The molecule has 0 spiro atoms. The molecule has 0 bridgehead atoms. The van der Waals surface area contributed by atoms with E-state index in [2.05, 4.69) is 5.32 Å². The molecule has 1 saturated heterocycles. The van der Waals surface area contributed by atoms with Crippen LogP contribution in [0.5, 0.6) is 0 Å². The Kier molecular flexibility index (Phi) is 6.01. The van der Waals surface area contributed by atoms with Crippen LogP contribution in [0.1, 0.15) is 54.0 Å². The lowest BCUT2D eigenvalue weighted by molar-refractivity contribution is 0.00578. The van der Waals surface area contributed by atoms with Gasteiger partial charge >= 0.3 is 13.2 Å². The SMILES string of the molecule is CC(C)(C)OC(=O)NCCc1cc(B2OC(C)(C)C(C)(C)O2)ccc1Cl. The first-order chi connectivity index (χ1) is 11.8. The maximum atomic E-state index is 11.7. The van der Waals surface area contributed by atoms with Crippen molar-refractivity contribution in [1.82, 2.24) is 5.32 Å². The monoisotopic (exact) mass is 381 g/mol. The summed E-state index contributed by atoms with van der Waals surface area (Å²) in [6.07, 6.45) is 0.154. The van der Waals surface area contributed by atoms with E-state index in [9.17, 15) is 4.79 Å². The molecular formula is C19H29BClNO4. The molecular weight excluding hydrogens is 352 g/mol. The summed E-state index contributed by atoms with van der Waals surface area (Å²) in [5.74, 6) is 0. The minimum atomic E-state index is -0.515. The molecule has 1 aromatic carbocycles. The predicted molar refractivity (Wildman–Crippen MR) is 105 cm³/mol. The number of hydrogen-bond acceptors (Lipinski definition) is 4. The minimum Gasteiger partial charge on any atom is -0.444 e. The summed E-state index contributed by atoms with van der Waals surface area (Å²) in [5, 5.41) is 3.40. The predicted octanol–water partition coefficient (Wildman–Crippen LogP) is 3.71. The molecule has 144 valence electrons. The Bertz CT molecular complexity index is 654. The van der Waals surface area contributed by atoms with Crippen LogP contribution in [0, 0.1) is 0 Å². The molecule has 1 heterocycles. The van der Waals surface area contributed by atoms with Crippen LogP contribution in [-0.4, -0.2) is 36.6 Å². The van der Waals surface area contributed by atoms with Crippen LogP contribution >= 0.6 is 11.6 Å². The van der Waals surface area contributed by atoms with Crippen molar-refractivity contribution in [2.45, 2.75) is 71.7 Å². The van der Waals surface area contributed by atoms with E-state index >= 15 is 0 Å². The van der Waals surface area contributed by atoms with Crippen molar-refractivity contribution in [3.05, 3.63) is 28.8 Å². The molecule has 0 aliphatic carbocycles. The minimum absolute atomic E-state index is 0.393. The van der Waals surface area contributed by atoms with Gasteiger partial charge in [0.15, 0.2) is 0 Å². The zero-order valence-electron chi connectivity index (χ0n) is 16.7. The molecule has 0 saturated carbocycles. The topological polar surface area (TPSA) is 56.8 Å². The van der Waals surface area contributed by atoms with E-state index in [1.54, 1.807) is 0 Å². The van der Waals surface area contributed by atoms with Gasteiger partial charge in [-0.05, 0) is 72.0 Å². The number of carbonyl (C=O) groups excluding carboxylic acids is 1. The zero-order valence-corrected chi connectivity index (χ0v) is 17.5. The second-order valence-electron chi connectivity index (χ2n) is 8.62. The Balaban J connectivity index is 2.01. The maximum Gasteiger partial charge on any atom is 0.494 e. The van der Waals surface area contributed by atoms with Crippen LogP contribution in [0.25, 0.3) is 0 Å². The molecule has 0 aromatic heterocycles. The summed E-state index contributed by atoms with van der Waals surface area (Å²) in [4.78, 5) is 11.7. The Morgan fingerprint density at radius 1 is 1.19 bits per heavy atom. The fraction of sp³-hybridized carbons (Fsp3) is 0.632. The van der Waals surface area contributed by atoms with E-state index < -0.39 is 30.0 Å². The molecule has 1 amide bonds. The summed E-state index contributed by atoms with van der Waals surface area (Å²) in [6.45, 7) is 14.0. The van der Waals surface area contributed by atoms with E-state index in [0.29, 0.717) is 18.0 Å². The van der Waals surface area contributed by atoms with Gasteiger partial charge in [-0.1, -0.05) is 23.7 Å². The summed E-state index contributed by atoms with van der Waals surface area (Å²) < 4.78 is 17.4. The number of rotatable bonds is 4. The number of benzene rings is 1. The first-order valence-electron chi connectivity index (χ1n) is 8.91. The first kappa shape index (κ1) is 21.1. The average molecular weight is 382 g/mol. The third kappa shape index (κ3) is 5.15. The lowest BCUT2D eigenvalue weighted by Crippen LogP contribution is -2.41. The summed E-state index contributed by atoms with van der Waals surface area (Å²) in [6, 6.07) is 5.72. The molecule has 1 aliphatic rings. The van der Waals surface area contributed by atoms with E-state index in [-0.39, 0.29) is 0 Å². The van der Waals surface area contributed by atoms with Gasteiger partial charge in [0, 0.05) is 11.6 Å². The Morgan fingerprint density at radius 3 is 2.31 bits per heavy atom. The molecule has 1 aromatic rings. The number of carbonyl (C=O) groups is 1. The highest BCUT2D eigenvalue weighted by Crippen LogP contribution is 2.36. The summed E-state index contributed by atoms with van der Waals surface area (Å²) in [5.41, 5.74) is 0.541. The van der Waals surface area contributed by atoms with Gasteiger partial charge in [0.1, 0.15) is 5.60 Å². The molecule has 2 rings (SSSR count). The summed E-state index contributed by atoms with van der Waals surface area (Å²) in [7, 11) is -0.435. The largest absolute Gasteiger partial charge is 0.494 e. The number of alkyl carbamates (subject to hydrolysis) is 1. The lowest BCUT2D eigenvalue weighted by atomic mass is 9.78. The fourth-order valence-corrected chi connectivity index (χ4v) is 2.74. The Labute approximate surface area is 161 Å². The van der Waals surface area contributed by atoms with Gasteiger partial charge in [0.05, 0.1) is 11.2 Å². The van der Waals surface area contributed by atoms with E-state index in [4.69, 9.17) is 25.6 Å².